The Morgan fingerprint density at radius 2 is 1.71 bits per heavy atom. The van der Waals surface area contributed by atoms with Gasteiger partial charge in [0.15, 0.2) is 11.6 Å². The molecule has 0 aromatic heterocycles. The zero-order valence-corrected chi connectivity index (χ0v) is 20.7. The third-order valence-electron chi connectivity index (χ3n) is 6.45. The summed E-state index contributed by atoms with van der Waals surface area (Å²) >= 11 is 0. The highest BCUT2D eigenvalue weighted by Gasteiger charge is 2.33. The standard InChI is InChI=1S/C26H31N3O4S/c1-18(2)16-19-8-10-20(11-9-19)25(31)21-12-14-29(15-13-21)24(30)17-28(3)26-22-6-4-5-7-23(22)34(32,33)27-26/h4-11,18,21H,12-17H2,1-3H3. The highest BCUT2D eigenvalue weighted by molar-refractivity contribution is 7.90. The summed E-state index contributed by atoms with van der Waals surface area (Å²) in [6.45, 7) is 5.40. The first kappa shape index (κ1) is 24.1. The molecule has 0 saturated carbocycles. The number of ketones is 1. The van der Waals surface area contributed by atoms with E-state index in [9.17, 15) is 18.0 Å². The molecule has 2 aliphatic rings. The minimum absolute atomic E-state index is 0.0264. The van der Waals surface area contributed by atoms with Crippen molar-refractivity contribution in [3.05, 3.63) is 65.2 Å². The predicted octanol–water partition coefficient (Wildman–Crippen LogP) is 3.39. The number of amidine groups is 1. The van der Waals surface area contributed by atoms with Gasteiger partial charge in [-0.2, -0.15) is 8.42 Å². The molecule has 4 rings (SSSR count). The number of carbonyl (C=O) groups is 2. The number of Topliss-reactive ketones (excluding diaryl/α,β-unsaturated/α-hetero) is 1. The summed E-state index contributed by atoms with van der Waals surface area (Å²) < 4.78 is 28.5. The van der Waals surface area contributed by atoms with Gasteiger partial charge in [-0.05, 0) is 42.9 Å². The molecule has 34 heavy (non-hydrogen) atoms. The molecule has 1 amide bonds. The average molecular weight is 482 g/mol. The number of rotatable bonds is 6. The number of nitrogens with zero attached hydrogens (tertiary/aromatic N) is 3. The first-order chi connectivity index (χ1) is 16.2. The Hall–Kier alpha value is -3.00. The topological polar surface area (TPSA) is 87.1 Å². The zero-order valence-electron chi connectivity index (χ0n) is 19.9. The SMILES string of the molecule is CC(C)Cc1ccc(C(=O)C2CCN(C(=O)CN(C)C3=NS(=O)(=O)c4ccccc43)CC2)cc1. The molecule has 2 aliphatic heterocycles. The second-order valence-electron chi connectivity index (χ2n) is 9.56. The van der Waals surface area contributed by atoms with E-state index in [1.165, 1.54) is 11.6 Å². The molecule has 0 radical (unpaired) electrons. The van der Waals surface area contributed by atoms with Crippen LogP contribution in [0.1, 0.15) is 48.2 Å². The summed E-state index contributed by atoms with van der Waals surface area (Å²) in [5.41, 5.74) is 2.48. The number of hydrogen-bond acceptors (Lipinski definition) is 5. The first-order valence-corrected chi connectivity index (χ1v) is 13.2. The van der Waals surface area contributed by atoms with Gasteiger partial charge >= 0.3 is 0 Å². The predicted molar refractivity (Wildman–Crippen MR) is 131 cm³/mol. The number of benzene rings is 2. The Morgan fingerprint density at radius 3 is 2.35 bits per heavy atom. The zero-order chi connectivity index (χ0) is 24.5. The molecule has 0 aliphatic carbocycles. The molecule has 0 unspecified atom stereocenters. The summed E-state index contributed by atoms with van der Waals surface area (Å²) in [7, 11) is -2.05. The Morgan fingerprint density at radius 1 is 1.06 bits per heavy atom. The fourth-order valence-electron chi connectivity index (χ4n) is 4.64. The fraction of sp³-hybridized carbons (Fsp3) is 0.423. The van der Waals surface area contributed by atoms with Crippen molar-refractivity contribution in [2.24, 2.45) is 16.2 Å². The van der Waals surface area contributed by atoms with Crippen molar-refractivity contribution in [3.63, 3.8) is 0 Å². The van der Waals surface area contributed by atoms with Crippen molar-refractivity contribution in [1.82, 2.24) is 9.80 Å². The quantitative estimate of drug-likeness (QED) is 0.591. The van der Waals surface area contributed by atoms with Crippen molar-refractivity contribution in [2.45, 2.75) is 38.0 Å². The molecule has 1 fully saturated rings. The minimum Gasteiger partial charge on any atom is -0.349 e. The van der Waals surface area contributed by atoms with E-state index in [0.717, 1.165) is 12.0 Å². The molecular formula is C26H31N3O4S. The number of fused-ring (bicyclic) bond motifs is 1. The van der Waals surface area contributed by atoms with Gasteiger partial charge in [-0.25, -0.2) is 0 Å². The second kappa shape index (κ2) is 9.70. The summed E-state index contributed by atoms with van der Waals surface area (Å²) in [6, 6.07) is 14.5. The molecular weight excluding hydrogens is 450 g/mol. The van der Waals surface area contributed by atoms with Gasteiger partial charge in [0.2, 0.25) is 5.91 Å². The van der Waals surface area contributed by atoms with Gasteiger partial charge in [0, 0.05) is 37.2 Å². The van der Waals surface area contributed by atoms with Crippen LogP contribution in [-0.2, 0) is 21.2 Å². The molecule has 180 valence electrons. The van der Waals surface area contributed by atoms with Crippen LogP contribution in [-0.4, -0.2) is 62.4 Å². The Kier molecular flexibility index (Phi) is 6.89. The number of amides is 1. The maximum atomic E-state index is 13.0. The lowest BCUT2D eigenvalue weighted by Gasteiger charge is -2.32. The lowest BCUT2D eigenvalue weighted by molar-refractivity contribution is -0.132. The average Bonchev–Trinajstić information content (AvgIpc) is 3.10. The summed E-state index contributed by atoms with van der Waals surface area (Å²) in [5, 5.41) is 0. The van der Waals surface area contributed by atoms with Crippen LogP contribution in [0.25, 0.3) is 0 Å². The molecule has 0 N–H and O–H groups in total. The van der Waals surface area contributed by atoms with Crippen LogP contribution >= 0.6 is 0 Å². The van der Waals surface area contributed by atoms with Gasteiger partial charge in [-0.15, -0.1) is 4.40 Å². The van der Waals surface area contributed by atoms with Crippen LogP contribution in [0.5, 0.6) is 0 Å². The first-order valence-electron chi connectivity index (χ1n) is 11.7. The van der Waals surface area contributed by atoms with Crippen molar-refractivity contribution in [3.8, 4) is 0 Å². The van der Waals surface area contributed by atoms with Crippen LogP contribution in [0.3, 0.4) is 0 Å². The third kappa shape index (κ3) is 5.06. The van der Waals surface area contributed by atoms with E-state index < -0.39 is 10.0 Å². The van der Waals surface area contributed by atoms with Crippen LogP contribution < -0.4 is 0 Å². The normalized spacial score (nSPS) is 17.4. The maximum Gasteiger partial charge on any atom is 0.285 e. The van der Waals surface area contributed by atoms with Gasteiger partial charge in [-0.3, -0.25) is 9.59 Å². The Labute approximate surface area is 201 Å². The Balaban J connectivity index is 1.33. The second-order valence-corrected chi connectivity index (χ2v) is 11.1. The number of hydrogen-bond donors (Lipinski definition) is 0. The van der Waals surface area contributed by atoms with E-state index in [1.54, 1.807) is 35.0 Å². The number of piperidine rings is 1. The number of likely N-dealkylation sites (tertiary alicyclic amines) is 1. The minimum atomic E-state index is -3.73. The molecule has 8 heteroatoms. The fourth-order valence-corrected chi connectivity index (χ4v) is 5.90. The van der Waals surface area contributed by atoms with E-state index in [1.807, 2.05) is 24.3 Å². The van der Waals surface area contributed by atoms with Crippen molar-refractivity contribution in [1.29, 1.82) is 0 Å². The molecule has 2 aromatic rings. The molecule has 0 bridgehead atoms. The molecule has 2 aromatic carbocycles. The van der Waals surface area contributed by atoms with Gasteiger partial charge in [0.1, 0.15) is 4.90 Å². The number of likely N-dealkylation sites (N-methyl/N-ethyl adjacent to an activating group) is 1. The van der Waals surface area contributed by atoms with Crippen LogP contribution in [0.4, 0.5) is 0 Å². The highest BCUT2D eigenvalue weighted by Crippen LogP contribution is 2.27. The van der Waals surface area contributed by atoms with E-state index in [4.69, 9.17) is 0 Å². The number of carbonyl (C=O) groups excluding carboxylic acids is 2. The molecule has 1 saturated heterocycles. The summed E-state index contributed by atoms with van der Waals surface area (Å²) in [4.78, 5) is 29.4. The van der Waals surface area contributed by atoms with Gasteiger partial charge in [0.25, 0.3) is 10.0 Å². The van der Waals surface area contributed by atoms with E-state index >= 15 is 0 Å². The van der Waals surface area contributed by atoms with E-state index in [0.29, 0.717) is 37.4 Å². The van der Waals surface area contributed by atoms with E-state index in [-0.39, 0.29) is 34.9 Å². The largest absolute Gasteiger partial charge is 0.349 e. The van der Waals surface area contributed by atoms with Crippen molar-refractivity contribution >= 4 is 27.5 Å². The lowest BCUT2D eigenvalue weighted by Crippen LogP contribution is -2.45. The molecule has 0 spiro atoms. The highest BCUT2D eigenvalue weighted by atomic mass is 32.2. The van der Waals surface area contributed by atoms with Crippen LogP contribution in [0.15, 0.2) is 57.8 Å². The third-order valence-corrected chi connectivity index (χ3v) is 7.77. The van der Waals surface area contributed by atoms with E-state index in [2.05, 4.69) is 18.2 Å². The molecule has 0 atom stereocenters. The van der Waals surface area contributed by atoms with Crippen molar-refractivity contribution in [2.75, 3.05) is 26.7 Å². The maximum absolute atomic E-state index is 13.0. The lowest BCUT2D eigenvalue weighted by atomic mass is 9.88. The molecule has 2 heterocycles. The number of sulfonamides is 1. The smallest absolute Gasteiger partial charge is 0.285 e. The summed E-state index contributed by atoms with van der Waals surface area (Å²) in [5.74, 6) is 0.810. The Bertz CT molecular complexity index is 1210. The monoisotopic (exact) mass is 481 g/mol. The summed E-state index contributed by atoms with van der Waals surface area (Å²) in [6.07, 6.45) is 2.24. The molecule has 7 nitrogen and oxygen atoms in total. The van der Waals surface area contributed by atoms with Gasteiger partial charge in [0.05, 0.1) is 6.54 Å². The van der Waals surface area contributed by atoms with Crippen molar-refractivity contribution < 1.29 is 18.0 Å². The van der Waals surface area contributed by atoms with Gasteiger partial charge < -0.3 is 9.80 Å². The van der Waals surface area contributed by atoms with Gasteiger partial charge in [-0.1, -0.05) is 50.2 Å². The van der Waals surface area contributed by atoms with Crippen LogP contribution in [0, 0.1) is 11.8 Å². The van der Waals surface area contributed by atoms with Crippen LogP contribution in [0.2, 0.25) is 0 Å².